The van der Waals surface area contributed by atoms with Crippen molar-refractivity contribution in [1.29, 1.82) is 0 Å². The van der Waals surface area contributed by atoms with Gasteiger partial charge < -0.3 is 10.5 Å². The molecule has 0 bridgehead atoms. The first-order valence-corrected chi connectivity index (χ1v) is 7.23. The van der Waals surface area contributed by atoms with Crippen LogP contribution in [-0.4, -0.2) is 34.1 Å². The minimum absolute atomic E-state index is 0.169. The van der Waals surface area contributed by atoms with Crippen molar-refractivity contribution in [3.8, 4) is 5.88 Å². The zero-order valence-corrected chi connectivity index (χ0v) is 12.2. The highest BCUT2D eigenvalue weighted by molar-refractivity contribution is 5.25. The Morgan fingerprint density at radius 2 is 2.10 bits per heavy atom. The van der Waals surface area contributed by atoms with E-state index in [-0.39, 0.29) is 12.1 Å². The van der Waals surface area contributed by atoms with Crippen LogP contribution in [-0.2, 0) is 6.54 Å². The zero-order chi connectivity index (χ0) is 14.7. The monoisotopic (exact) mass is 284 g/mol. The molecule has 5 heteroatoms. The quantitative estimate of drug-likeness (QED) is 0.930. The number of aromatic nitrogens is 2. The van der Waals surface area contributed by atoms with Gasteiger partial charge in [-0.25, -0.2) is 4.98 Å². The molecule has 2 N–H and O–H groups in total. The largest absolute Gasteiger partial charge is 0.473 e. The Bertz CT molecular complexity index is 582. The second kappa shape index (κ2) is 6.10. The van der Waals surface area contributed by atoms with Crippen LogP contribution in [0.5, 0.6) is 5.88 Å². The van der Waals surface area contributed by atoms with Crippen molar-refractivity contribution in [2.75, 3.05) is 18.8 Å². The number of hydrogen-bond acceptors (Lipinski definition) is 5. The Morgan fingerprint density at radius 3 is 2.86 bits per heavy atom. The molecule has 110 valence electrons. The molecule has 1 aliphatic rings. The fraction of sp³-hybridized carbons (Fsp3) is 0.375. The van der Waals surface area contributed by atoms with Gasteiger partial charge in [0.25, 0.3) is 0 Å². The second-order valence-electron chi connectivity index (χ2n) is 5.46. The minimum atomic E-state index is 0.169. The van der Waals surface area contributed by atoms with E-state index in [1.54, 1.807) is 0 Å². The highest BCUT2D eigenvalue weighted by Crippen LogP contribution is 2.19. The van der Waals surface area contributed by atoms with Gasteiger partial charge in [0.05, 0.1) is 0 Å². The number of nitrogens with zero attached hydrogens (tertiary/aromatic N) is 3. The van der Waals surface area contributed by atoms with E-state index in [1.165, 1.54) is 5.56 Å². The molecule has 1 atom stereocenters. The van der Waals surface area contributed by atoms with Gasteiger partial charge in [-0.2, -0.15) is 4.98 Å². The van der Waals surface area contributed by atoms with Crippen LogP contribution in [0.15, 0.2) is 36.4 Å². The van der Waals surface area contributed by atoms with Crippen LogP contribution in [0.2, 0.25) is 0 Å². The second-order valence-corrected chi connectivity index (χ2v) is 5.46. The van der Waals surface area contributed by atoms with Crippen molar-refractivity contribution in [2.24, 2.45) is 0 Å². The fourth-order valence-electron chi connectivity index (χ4n) is 2.67. The molecule has 1 aromatic heterocycles. The normalized spacial score (nSPS) is 18.8. The van der Waals surface area contributed by atoms with Crippen molar-refractivity contribution in [2.45, 2.75) is 26.0 Å². The molecule has 21 heavy (non-hydrogen) atoms. The van der Waals surface area contributed by atoms with Crippen LogP contribution in [0.25, 0.3) is 0 Å². The average molecular weight is 284 g/mol. The number of likely N-dealkylation sites (tertiary alicyclic amines) is 1. The maximum atomic E-state index is 5.93. The minimum Gasteiger partial charge on any atom is -0.473 e. The van der Waals surface area contributed by atoms with E-state index in [4.69, 9.17) is 10.5 Å². The summed E-state index contributed by atoms with van der Waals surface area (Å²) in [6.07, 6.45) is 1.18. The topological polar surface area (TPSA) is 64.3 Å². The number of ether oxygens (including phenoxy) is 1. The van der Waals surface area contributed by atoms with Crippen LogP contribution in [0.1, 0.15) is 17.7 Å². The van der Waals surface area contributed by atoms with Gasteiger partial charge in [0.1, 0.15) is 6.10 Å². The molecule has 0 amide bonds. The lowest BCUT2D eigenvalue weighted by Crippen LogP contribution is -2.24. The third-order valence-corrected chi connectivity index (χ3v) is 3.61. The molecule has 0 spiro atoms. The van der Waals surface area contributed by atoms with Crippen molar-refractivity contribution in [3.05, 3.63) is 47.7 Å². The molecule has 1 aliphatic heterocycles. The predicted molar refractivity (Wildman–Crippen MR) is 81.9 cm³/mol. The Morgan fingerprint density at radius 1 is 1.29 bits per heavy atom. The number of aryl methyl sites for hydroxylation is 1. The summed E-state index contributed by atoms with van der Waals surface area (Å²) in [5, 5.41) is 0. The molecule has 0 aliphatic carbocycles. The summed E-state index contributed by atoms with van der Waals surface area (Å²) in [4.78, 5) is 10.6. The molecule has 1 aromatic carbocycles. The van der Waals surface area contributed by atoms with Gasteiger partial charge >= 0.3 is 0 Å². The van der Waals surface area contributed by atoms with Crippen molar-refractivity contribution >= 4 is 5.95 Å². The summed E-state index contributed by atoms with van der Waals surface area (Å²) in [5.74, 6) is 0.843. The molecular weight excluding hydrogens is 264 g/mol. The van der Waals surface area contributed by atoms with Crippen molar-refractivity contribution < 1.29 is 4.74 Å². The molecule has 1 saturated heterocycles. The van der Waals surface area contributed by atoms with E-state index >= 15 is 0 Å². The predicted octanol–water partition coefficient (Wildman–Crippen LogP) is 2.02. The maximum Gasteiger partial charge on any atom is 0.223 e. The van der Waals surface area contributed by atoms with E-state index < -0.39 is 0 Å². The van der Waals surface area contributed by atoms with Gasteiger partial charge in [0.2, 0.25) is 11.8 Å². The first-order valence-electron chi connectivity index (χ1n) is 7.23. The van der Waals surface area contributed by atoms with E-state index in [9.17, 15) is 0 Å². The lowest BCUT2D eigenvalue weighted by atomic mass is 10.2. The third-order valence-electron chi connectivity index (χ3n) is 3.61. The Kier molecular flexibility index (Phi) is 4.01. The molecule has 5 nitrogen and oxygen atoms in total. The smallest absolute Gasteiger partial charge is 0.223 e. The Labute approximate surface area is 124 Å². The van der Waals surface area contributed by atoms with Crippen LogP contribution in [0.3, 0.4) is 0 Å². The molecule has 2 heterocycles. The van der Waals surface area contributed by atoms with E-state index in [2.05, 4.69) is 39.1 Å². The maximum absolute atomic E-state index is 5.93. The Balaban J connectivity index is 1.57. The lowest BCUT2D eigenvalue weighted by Gasteiger charge is -2.16. The molecule has 0 saturated carbocycles. The number of anilines is 1. The van der Waals surface area contributed by atoms with E-state index in [0.717, 1.165) is 31.7 Å². The van der Waals surface area contributed by atoms with Crippen molar-refractivity contribution in [1.82, 2.24) is 14.9 Å². The highest BCUT2D eigenvalue weighted by Gasteiger charge is 2.24. The SMILES string of the molecule is Cc1cc(OC2CCN(Cc3ccccc3)C2)nc(N)n1. The van der Waals surface area contributed by atoms with Gasteiger partial charge in [-0.05, 0) is 18.9 Å². The summed E-state index contributed by atoms with van der Waals surface area (Å²) in [5.41, 5.74) is 7.81. The van der Waals surface area contributed by atoms with Gasteiger partial charge in [0.15, 0.2) is 0 Å². The van der Waals surface area contributed by atoms with Gasteiger partial charge in [0, 0.05) is 31.4 Å². The Hall–Kier alpha value is -2.14. The molecule has 1 fully saturated rings. The summed E-state index contributed by atoms with van der Waals surface area (Å²) in [6.45, 7) is 4.81. The van der Waals surface area contributed by atoms with Gasteiger partial charge in [-0.3, -0.25) is 4.90 Å². The molecule has 2 aromatic rings. The van der Waals surface area contributed by atoms with Crippen molar-refractivity contribution in [3.63, 3.8) is 0 Å². The van der Waals surface area contributed by atoms with Crippen LogP contribution in [0, 0.1) is 6.92 Å². The van der Waals surface area contributed by atoms with E-state index in [0.29, 0.717) is 5.88 Å². The molecule has 3 rings (SSSR count). The van der Waals surface area contributed by atoms with E-state index in [1.807, 2.05) is 19.1 Å². The highest BCUT2D eigenvalue weighted by atomic mass is 16.5. The van der Waals surface area contributed by atoms with Crippen LogP contribution in [0.4, 0.5) is 5.95 Å². The summed E-state index contributed by atoms with van der Waals surface area (Å²) < 4.78 is 5.93. The van der Waals surface area contributed by atoms with Gasteiger partial charge in [-0.1, -0.05) is 30.3 Å². The van der Waals surface area contributed by atoms with Crippen LogP contribution >= 0.6 is 0 Å². The number of rotatable bonds is 4. The summed E-state index contributed by atoms with van der Waals surface area (Å²) in [7, 11) is 0. The molecular formula is C16H20N4O. The third kappa shape index (κ3) is 3.70. The molecule has 1 unspecified atom stereocenters. The fourth-order valence-corrected chi connectivity index (χ4v) is 2.67. The number of nitrogen functional groups attached to an aromatic ring is 1. The summed E-state index contributed by atoms with van der Waals surface area (Å²) >= 11 is 0. The number of nitrogens with two attached hydrogens (primary N) is 1. The standard InChI is InChI=1S/C16H20N4O/c1-12-9-15(19-16(17)18-12)21-14-7-8-20(11-14)10-13-5-3-2-4-6-13/h2-6,9,14H,7-8,10-11H2,1H3,(H2,17,18,19). The number of hydrogen-bond donors (Lipinski definition) is 1. The van der Waals surface area contributed by atoms with Crippen LogP contribution < -0.4 is 10.5 Å². The average Bonchev–Trinajstić information content (AvgIpc) is 2.86. The van der Waals surface area contributed by atoms with Gasteiger partial charge in [-0.15, -0.1) is 0 Å². The molecule has 0 radical (unpaired) electrons. The summed E-state index contributed by atoms with van der Waals surface area (Å²) in [6, 6.07) is 12.3. The lowest BCUT2D eigenvalue weighted by molar-refractivity contribution is 0.191. The zero-order valence-electron chi connectivity index (χ0n) is 12.2. The first kappa shape index (κ1) is 13.8. The first-order chi connectivity index (χ1) is 10.2. The number of benzene rings is 1.